The maximum Gasteiger partial charge on any atom is 0.128 e. The van der Waals surface area contributed by atoms with Crippen molar-refractivity contribution in [2.75, 3.05) is 7.11 Å². The molecule has 1 fully saturated rings. The lowest BCUT2D eigenvalue weighted by atomic mass is 9.68. The van der Waals surface area contributed by atoms with E-state index in [0.29, 0.717) is 5.41 Å². The van der Waals surface area contributed by atoms with E-state index in [4.69, 9.17) is 10.5 Å². The molecule has 1 aliphatic carbocycles. The van der Waals surface area contributed by atoms with Crippen LogP contribution >= 0.6 is 0 Å². The third-order valence-electron chi connectivity index (χ3n) is 4.87. The van der Waals surface area contributed by atoms with Crippen LogP contribution in [0.1, 0.15) is 56.4 Å². The number of hydrogen-bond donors (Lipinski definition) is 1. The molecule has 3 heteroatoms. The molecule has 1 aliphatic rings. The first kappa shape index (κ1) is 15.3. The molecular formula is C17H28N2O. The SMILES string of the molecule is COc1c(C)cnc(CC2(N)CCC(C)(C)CC2)c1C. The zero-order valence-corrected chi connectivity index (χ0v) is 13.5. The van der Waals surface area contributed by atoms with Gasteiger partial charge in [-0.1, -0.05) is 13.8 Å². The van der Waals surface area contributed by atoms with Crippen molar-refractivity contribution in [3.8, 4) is 5.75 Å². The van der Waals surface area contributed by atoms with E-state index < -0.39 is 0 Å². The summed E-state index contributed by atoms with van der Waals surface area (Å²) in [5.41, 5.74) is 10.3. The lowest BCUT2D eigenvalue weighted by molar-refractivity contribution is 0.163. The van der Waals surface area contributed by atoms with Crippen molar-refractivity contribution in [1.82, 2.24) is 4.98 Å². The van der Waals surface area contributed by atoms with Crippen LogP contribution < -0.4 is 10.5 Å². The zero-order chi connectivity index (χ0) is 15.0. The van der Waals surface area contributed by atoms with Crippen LogP contribution in [0.15, 0.2) is 6.20 Å². The molecule has 0 amide bonds. The van der Waals surface area contributed by atoms with E-state index in [-0.39, 0.29) is 5.54 Å². The van der Waals surface area contributed by atoms with Crippen LogP contribution in [0.2, 0.25) is 0 Å². The number of hydrogen-bond acceptors (Lipinski definition) is 3. The fourth-order valence-corrected chi connectivity index (χ4v) is 3.18. The van der Waals surface area contributed by atoms with Crippen molar-refractivity contribution in [2.45, 2.75) is 65.3 Å². The molecule has 2 rings (SSSR count). The van der Waals surface area contributed by atoms with Crippen molar-refractivity contribution >= 4 is 0 Å². The topological polar surface area (TPSA) is 48.1 Å². The van der Waals surface area contributed by atoms with Gasteiger partial charge in [-0.2, -0.15) is 0 Å². The molecule has 0 atom stereocenters. The highest BCUT2D eigenvalue weighted by Gasteiger charge is 2.36. The lowest BCUT2D eigenvalue weighted by Gasteiger charge is -2.41. The summed E-state index contributed by atoms with van der Waals surface area (Å²) in [6.45, 7) is 8.80. The Labute approximate surface area is 122 Å². The van der Waals surface area contributed by atoms with Crippen LogP contribution in [0.3, 0.4) is 0 Å². The number of aryl methyl sites for hydroxylation is 1. The number of nitrogens with two attached hydrogens (primary N) is 1. The highest BCUT2D eigenvalue weighted by atomic mass is 16.5. The molecule has 3 nitrogen and oxygen atoms in total. The van der Waals surface area contributed by atoms with Gasteiger partial charge in [0.15, 0.2) is 0 Å². The van der Waals surface area contributed by atoms with Crippen molar-refractivity contribution in [3.05, 3.63) is 23.0 Å². The largest absolute Gasteiger partial charge is 0.496 e. The molecule has 0 spiro atoms. The van der Waals surface area contributed by atoms with Crippen LogP contribution in [-0.4, -0.2) is 17.6 Å². The third kappa shape index (κ3) is 3.14. The maximum absolute atomic E-state index is 6.63. The Kier molecular flexibility index (Phi) is 4.10. The van der Waals surface area contributed by atoms with Crippen molar-refractivity contribution < 1.29 is 4.74 Å². The molecule has 0 saturated heterocycles. The summed E-state index contributed by atoms with van der Waals surface area (Å²) < 4.78 is 5.49. The van der Waals surface area contributed by atoms with Crippen molar-refractivity contribution in [2.24, 2.45) is 11.1 Å². The predicted molar refractivity (Wildman–Crippen MR) is 83.1 cm³/mol. The van der Waals surface area contributed by atoms with Crippen LogP contribution in [0.5, 0.6) is 5.75 Å². The van der Waals surface area contributed by atoms with Gasteiger partial charge in [-0.15, -0.1) is 0 Å². The molecule has 1 saturated carbocycles. The molecule has 0 unspecified atom stereocenters. The number of rotatable bonds is 3. The van der Waals surface area contributed by atoms with Gasteiger partial charge in [0.25, 0.3) is 0 Å². The Bertz CT molecular complexity index is 484. The Balaban J connectivity index is 2.18. The Morgan fingerprint density at radius 1 is 1.20 bits per heavy atom. The molecule has 1 aromatic heterocycles. The van der Waals surface area contributed by atoms with Crippen LogP contribution in [0, 0.1) is 19.3 Å². The summed E-state index contributed by atoms with van der Waals surface area (Å²) in [6, 6.07) is 0. The lowest BCUT2D eigenvalue weighted by Crippen LogP contribution is -2.47. The average Bonchev–Trinajstić information content (AvgIpc) is 2.38. The third-order valence-corrected chi connectivity index (χ3v) is 4.87. The number of ether oxygens (including phenoxy) is 1. The molecule has 1 aromatic rings. The van der Waals surface area contributed by atoms with E-state index in [1.165, 1.54) is 12.8 Å². The second-order valence-corrected chi connectivity index (χ2v) is 7.25. The molecule has 0 radical (unpaired) electrons. The van der Waals surface area contributed by atoms with E-state index >= 15 is 0 Å². The summed E-state index contributed by atoms with van der Waals surface area (Å²) in [6.07, 6.45) is 7.31. The van der Waals surface area contributed by atoms with Crippen molar-refractivity contribution in [1.29, 1.82) is 0 Å². The van der Waals surface area contributed by atoms with Gasteiger partial charge in [0.2, 0.25) is 0 Å². The smallest absolute Gasteiger partial charge is 0.128 e. The first-order valence-electron chi connectivity index (χ1n) is 7.54. The summed E-state index contributed by atoms with van der Waals surface area (Å²) >= 11 is 0. The Morgan fingerprint density at radius 3 is 2.35 bits per heavy atom. The summed E-state index contributed by atoms with van der Waals surface area (Å²) in [5, 5.41) is 0. The van der Waals surface area contributed by atoms with Crippen LogP contribution in [0.25, 0.3) is 0 Å². The van der Waals surface area contributed by atoms with Crippen LogP contribution in [0.4, 0.5) is 0 Å². The van der Waals surface area contributed by atoms with Gasteiger partial charge in [0.1, 0.15) is 5.75 Å². The standard InChI is InChI=1S/C17H28N2O/c1-12-11-19-14(13(2)15(12)20-5)10-17(18)8-6-16(3,4)7-9-17/h11H,6-10,18H2,1-5H3. The summed E-state index contributed by atoms with van der Waals surface area (Å²) in [4.78, 5) is 4.60. The molecule has 112 valence electrons. The van der Waals surface area contributed by atoms with E-state index in [1.54, 1.807) is 7.11 Å². The fourth-order valence-electron chi connectivity index (χ4n) is 3.18. The van der Waals surface area contributed by atoms with Gasteiger partial charge in [-0.05, 0) is 44.9 Å². The minimum Gasteiger partial charge on any atom is -0.496 e. The number of pyridine rings is 1. The second kappa shape index (κ2) is 5.36. The van der Waals surface area contributed by atoms with E-state index in [0.717, 1.165) is 41.8 Å². The fraction of sp³-hybridized carbons (Fsp3) is 0.706. The Morgan fingerprint density at radius 2 is 1.80 bits per heavy atom. The van der Waals surface area contributed by atoms with Gasteiger partial charge in [0.05, 0.1) is 7.11 Å². The number of nitrogens with zero attached hydrogens (tertiary/aromatic N) is 1. The summed E-state index contributed by atoms with van der Waals surface area (Å²) in [5.74, 6) is 0.953. The zero-order valence-electron chi connectivity index (χ0n) is 13.5. The molecule has 0 aliphatic heterocycles. The highest BCUT2D eigenvalue weighted by Crippen LogP contribution is 2.40. The summed E-state index contributed by atoms with van der Waals surface area (Å²) in [7, 11) is 1.72. The van der Waals surface area contributed by atoms with E-state index in [9.17, 15) is 0 Å². The first-order chi connectivity index (χ1) is 9.26. The molecule has 0 aromatic carbocycles. The predicted octanol–water partition coefficient (Wildman–Crippen LogP) is 3.55. The van der Waals surface area contributed by atoms with E-state index in [2.05, 4.69) is 25.8 Å². The maximum atomic E-state index is 6.63. The molecular weight excluding hydrogens is 248 g/mol. The van der Waals surface area contributed by atoms with Gasteiger partial charge < -0.3 is 10.5 Å². The second-order valence-electron chi connectivity index (χ2n) is 7.25. The van der Waals surface area contributed by atoms with Gasteiger partial charge in [0, 0.05) is 35.0 Å². The first-order valence-corrected chi connectivity index (χ1v) is 7.54. The van der Waals surface area contributed by atoms with Gasteiger partial charge >= 0.3 is 0 Å². The molecule has 0 bridgehead atoms. The highest BCUT2D eigenvalue weighted by molar-refractivity contribution is 5.41. The molecule has 1 heterocycles. The quantitative estimate of drug-likeness (QED) is 0.918. The van der Waals surface area contributed by atoms with Crippen LogP contribution in [-0.2, 0) is 6.42 Å². The minimum atomic E-state index is -0.104. The number of aromatic nitrogens is 1. The monoisotopic (exact) mass is 276 g/mol. The molecule has 20 heavy (non-hydrogen) atoms. The van der Waals surface area contributed by atoms with E-state index in [1.807, 2.05) is 13.1 Å². The van der Waals surface area contributed by atoms with Gasteiger partial charge in [-0.25, -0.2) is 0 Å². The van der Waals surface area contributed by atoms with Gasteiger partial charge in [-0.3, -0.25) is 4.98 Å². The normalized spacial score (nSPS) is 20.7. The Hall–Kier alpha value is -1.09. The molecule has 2 N–H and O–H groups in total. The average molecular weight is 276 g/mol. The van der Waals surface area contributed by atoms with Crippen molar-refractivity contribution in [3.63, 3.8) is 0 Å². The minimum absolute atomic E-state index is 0.104. The number of methoxy groups -OCH3 is 1.